The Morgan fingerprint density at radius 3 is 2.90 bits per heavy atom. The van der Waals surface area contributed by atoms with E-state index >= 15 is 0 Å². The minimum absolute atomic E-state index is 0.0562. The first-order chi connectivity index (χ1) is 9.58. The van der Waals surface area contributed by atoms with Crippen LogP contribution >= 0.6 is 15.9 Å². The topological polar surface area (TPSA) is 46.9 Å². The number of fused-ring (bicyclic) bond motifs is 2. The molecule has 2 aliphatic carbocycles. The highest BCUT2D eigenvalue weighted by Crippen LogP contribution is 2.49. The monoisotopic (exact) mass is 339 g/mol. The summed E-state index contributed by atoms with van der Waals surface area (Å²) < 4.78 is 2.55. The molecule has 2 bridgehead atoms. The number of halogens is 1. The van der Waals surface area contributed by atoms with E-state index in [4.69, 9.17) is 0 Å². The molecule has 0 unspecified atom stereocenters. The van der Waals surface area contributed by atoms with Gasteiger partial charge in [0.2, 0.25) is 0 Å². The van der Waals surface area contributed by atoms with E-state index in [-0.39, 0.29) is 11.9 Å². The summed E-state index contributed by atoms with van der Waals surface area (Å²) in [6, 6.07) is 0.247. The van der Waals surface area contributed by atoms with Gasteiger partial charge in [-0.1, -0.05) is 6.42 Å². The fourth-order valence-electron chi connectivity index (χ4n) is 4.00. The second-order valence-electron chi connectivity index (χ2n) is 6.28. The average Bonchev–Trinajstić information content (AvgIpc) is 3.12. The molecule has 20 heavy (non-hydrogen) atoms. The lowest BCUT2D eigenvalue weighted by molar-refractivity contribution is 0.0908. The first kappa shape index (κ1) is 14.1. The molecule has 4 atom stereocenters. The van der Waals surface area contributed by atoms with Crippen molar-refractivity contribution in [1.29, 1.82) is 0 Å². The van der Waals surface area contributed by atoms with Gasteiger partial charge in [-0.3, -0.25) is 9.48 Å². The molecule has 0 aromatic carbocycles. The molecule has 0 spiro atoms. The molecule has 5 heteroatoms. The summed E-state index contributed by atoms with van der Waals surface area (Å²) >= 11 is 3.42. The van der Waals surface area contributed by atoms with E-state index < -0.39 is 0 Å². The lowest BCUT2D eigenvalue weighted by Gasteiger charge is -2.28. The fraction of sp³-hybridized carbons (Fsp3) is 0.733. The maximum Gasteiger partial charge on any atom is 0.273 e. The number of amides is 1. The lowest BCUT2D eigenvalue weighted by Crippen LogP contribution is -2.40. The second-order valence-corrected chi connectivity index (χ2v) is 7.14. The first-order valence-electron chi connectivity index (χ1n) is 7.62. The Balaban J connectivity index is 1.64. The number of hydrogen-bond acceptors (Lipinski definition) is 2. The Morgan fingerprint density at radius 2 is 2.35 bits per heavy atom. The predicted molar refractivity (Wildman–Crippen MR) is 81.5 cm³/mol. The molecule has 3 rings (SSSR count). The van der Waals surface area contributed by atoms with Gasteiger partial charge in [0.1, 0.15) is 0 Å². The predicted octanol–water partition coefficient (Wildman–Crippen LogP) is 3.22. The van der Waals surface area contributed by atoms with Crippen LogP contribution in [0.4, 0.5) is 0 Å². The standard InChI is InChI=1S/C15H22BrN3O/c1-3-19-8-13(16)14(18-19)15(20)17-9(2)12-7-10-4-5-11(12)6-10/h8-12H,3-7H2,1-2H3,(H,17,20)/t9-,10-,11-,12+/m1/s1. The van der Waals surface area contributed by atoms with Crippen LogP contribution in [-0.4, -0.2) is 21.7 Å². The molecule has 0 saturated heterocycles. The van der Waals surface area contributed by atoms with Crippen LogP contribution in [0.25, 0.3) is 0 Å². The fourth-order valence-corrected chi connectivity index (χ4v) is 4.50. The molecular weight excluding hydrogens is 318 g/mol. The highest BCUT2D eigenvalue weighted by atomic mass is 79.9. The Hall–Kier alpha value is -0.840. The molecule has 110 valence electrons. The van der Waals surface area contributed by atoms with Gasteiger partial charge in [-0.15, -0.1) is 0 Å². The van der Waals surface area contributed by atoms with Crippen molar-refractivity contribution >= 4 is 21.8 Å². The van der Waals surface area contributed by atoms with Crippen LogP contribution in [0.3, 0.4) is 0 Å². The molecule has 2 fully saturated rings. The van der Waals surface area contributed by atoms with Crippen molar-refractivity contribution in [3.63, 3.8) is 0 Å². The van der Waals surface area contributed by atoms with Gasteiger partial charge in [0.15, 0.2) is 5.69 Å². The molecular formula is C15H22BrN3O. The summed E-state index contributed by atoms with van der Waals surface area (Å²) in [6.45, 7) is 4.93. The molecule has 2 saturated carbocycles. The van der Waals surface area contributed by atoms with Crippen LogP contribution in [-0.2, 0) is 6.54 Å². The van der Waals surface area contributed by atoms with E-state index in [1.807, 2.05) is 13.1 Å². The number of nitrogens with one attached hydrogen (secondary N) is 1. The van der Waals surface area contributed by atoms with E-state index in [9.17, 15) is 4.79 Å². The SMILES string of the molecule is CCn1cc(Br)c(C(=O)N[C@H](C)[C@@H]2C[C@@H]3CC[C@@H]2C3)n1. The number of aromatic nitrogens is 2. The summed E-state index contributed by atoms with van der Waals surface area (Å²) in [4.78, 5) is 12.4. The first-order valence-corrected chi connectivity index (χ1v) is 8.41. The van der Waals surface area contributed by atoms with Crippen molar-refractivity contribution < 1.29 is 4.79 Å². The second kappa shape index (κ2) is 5.51. The number of carbonyl (C=O) groups excluding carboxylic acids is 1. The van der Waals surface area contributed by atoms with Crippen LogP contribution in [0.5, 0.6) is 0 Å². The third-order valence-electron chi connectivity index (χ3n) is 5.05. The molecule has 1 amide bonds. The minimum Gasteiger partial charge on any atom is -0.348 e. The van der Waals surface area contributed by atoms with Gasteiger partial charge in [-0.2, -0.15) is 5.10 Å². The zero-order chi connectivity index (χ0) is 14.3. The van der Waals surface area contributed by atoms with Crippen LogP contribution in [0, 0.1) is 17.8 Å². The highest BCUT2D eigenvalue weighted by Gasteiger charge is 2.42. The third kappa shape index (κ3) is 2.52. The number of aryl methyl sites for hydroxylation is 1. The van der Waals surface area contributed by atoms with Gasteiger partial charge < -0.3 is 5.32 Å². The Labute approximate surface area is 128 Å². The molecule has 4 nitrogen and oxygen atoms in total. The van der Waals surface area contributed by atoms with Crippen molar-refractivity contribution in [3.05, 3.63) is 16.4 Å². The smallest absolute Gasteiger partial charge is 0.273 e. The van der Waals surface area contributed by atoms with Crippen molar-refractivity contribution in [3.8, 4) is 0 Å². The Bertz CT molecular complexity index is 513. The number of hydrogen-bond donors (Lipinski definition) is 1. The third-order valence-corrected chi connectivity index (χ3v) is 5.63. The van der Waals surface area contributed by atoms with Crippen LogP contribution in [0.1, 0.15) is 50.0 Å². The number of nitrogens with zero attached hydrogens (tertiary/aromatic N) is 2. The van der Waals surface area contributed by atoms with E-state index in [0.29, 0.717) is 11.6 Å². The minimum atomic E-state index is -0.0562. The Kier molecular flexibility index (Phi) is 3.89. The van der Waals surface area contributed by atoms with Gasteiger partial charge >= 0.3 is 0 Å². The maximum absolute atomic E-state index is 12.4. The van der Waals surface area contributed by atoms with Crippen molar-refractivity contribution in [2.45, 2.75) is 52.1 Å². The van der Waals surface area contributed by atoms with Gasteiger partial charge in [-0.05, 0) is 66.8 Å². The number of rotatable bonds is 4. The average molecular weight is 340 g/mol. The van der Waals surface area contributed by atoms with Crippen molar-refractivity contribution in [2.75, 3.05) is 0 Å². The zero-order valence-corrected chi connectivity index (χ0v) is 13.7. The summed E-state index contributed by atoms with van der Waals surface area (Å²) in [5.41, 5.74) is 0.502. The van der Waals surface area contributed by atoms with Gasteiger partial charge in [0, 0.05) is 18.8 Å². The summed E-state index contributed by atoms with van der Waals surface area (Å²) in [5.74, 6) is 2.34. The quantitative estimate of drug-likeness (QED) is 0.915. The summed E-state index contributed by atoms with van der Waals surface area (Å²) in [7, 11) is 0. The molecule has 1 heterocycles. The largest absolute Gasteiger partial charge is 0.348 e. The van der Waals surface area contributed by atoms with Gasteiger partial charge in [-0.25, -0.2) is 0 Å². The van der Waals surface area contributed by atoms with Crippen LogP contribution < -0.4 is 5.32 Å². The van der Waals surface area contributed by atoms with E-state index in [1.165, 1.54) is 25.7 Å². The normalized spacial score (nSPS) is 29.6. The molecule has 0 radical (unpaired) electrons. The van der Waals surface area contributed by atoms with Gasteiger partial charge in [0.25, 0.3) is 5.91 Å². The van der Waals surface area contributed by atoms with E-state index in [2.05, 4.69) is 33.3 Å². The van der Waals surface area contributed by atoms with E-state index in [1.54, 1.807) is 4.68 Å². The highest BCUT2D eigenvalue weighted by molar-refractivity contribution is 9.10. The molecule has 1 aromatic rings. The molecule has 2 aliphatic rings. The molecule has 0 aliphatic heterocycles. The molecule has 1 N–H and O–H groups in total. The van der Waals surface area contributed by atoms with Crippen molar-refractivity contribution in [2.24, 2.45) is 17.8 Å². The number of carbonyl (C=O) groups is 1. The molecule has 1 aromatic heterocycles. The maximum atomic E-state index is 12.4. The lowest BCUT2D eigenvalue weighted by atomic mass is 9.84. The van der Waals surface area contributed by atoms with Crippen molar-refractivity contribution in [1.82, 2.24) is 15.1 Å². The summed E-state index contributed by atoms with van der Waals surface area (Å²) in [5, 5.41) is 7.47. The zero-order valence-electron chi connectivity index (χ0n) is 12.1. The van der Waals surface area contributed by atoms with Gasteiger partial charge in [0.05, 0.1) is 4.47 Å². The van der Waals surface area contributed by atoms with E-state index in [0.717, 1.165) is 22.9 Å². The Morgan fingerprint density at radius 1 is 1.55 bits per heavy atom. The van der Waals surface area contributed by atoms with Crippen LogP contribution in [0.2, 0.25) is 0 Å². The van der Waals surface area contributed by atoms with Crippen LogP contribution in [0.15, 0.2) is 10.7 Å². The summed E-state index contributed by atoms with van der Waals surface area (Å²) in [6.07, 6.45) is 7.27.